The van der Waals surface area contributed by atoms with Gasteiger partial charge in [0, 0.05) is 6.42 Å². The van der Waals surface area contributed by atoms with Gasteiger partial charge in [0.1, 0.15) is 18.3 Å². The van der Waals surface area contributed by atoms with E-state index in [9.17, 15) is 17.6 Å². The van der Waals surface area contributed by atoms with Gasteiger partial charge in [0.15, 0.2) is 9.84 Å². The van der Waals surface area contributed by atoms with Crippen molar-refractivity contribution in [2.24, 2.45) is 5.73 Å². The van der Waals surface area contributed by atoms with Gasteiger partial charge in [-0.15, -0.1) is 12.4 Å². The largest absolute Gasteiger partial charge is 0.322 e. The van der Waals surface area contributed by atoms with Gasteiger partial charge in [0.25, 0.3) is 0 Å². The van der Waals surface area contributed by atoms with Crippen molar-refractivity contribution in [2.45, 2.75) is 49.0 Å². The zero-order chi connectivity index (χ0) is 18.8. The van der Waals surface area contributed by atoms with Crippen molar-refractivity contribution < 1.29 is 17.6 Å². The molecule has 26 heavy (non-hydrogen) atoms. The number of amides is 1. The summed E-state index contributed by atoms with van der Waals surface area (Å²) < 4.78 is 37.6. The number of likely N-dealkylation sites (tertiary alicyclic amines) is 1. The average Bonchev–Trinajstić information content (AvgIpc) is 2.94. The number of halogens is 2. The van der Waals surface area contributed by atoms with Crippen LogP contribution >= 0.6 is 12.4 Å². The van der Waals surface area contributed by atoms with Crippen LogP contribution in [0.15, 0.2) is 30.3 Å². The van der Waals surface area contributed by atoms with E-state index in [1.165, 1.54) is 13.8 Å². The highest BCUT2D eigenvalue weighted by molar-refractivity contribution is 7.92. The number of nitriles is 1. The number of carbonyl (C=O) groups is 1. The van der Waals surface area contributed by atoms with Crippen molar-refractivity contribution in [3.63, 3.8) is 0 Å². The number of hydrogen-bond donors (Lipinski definition) is 1. The van der Waals surface area contributed by atoms with E-state index in [4.69, 9.17) is 11.0 Å². The van der Waals surface area contributed by atoms with Crippen molar-refractivity contribution in [1.29, 1.82) is 5.26 Å². The van der Waals surface area contributed by atoms with Gasteiger partial charge in [-0.2, -0.15) is 5.26 Å². The van der Waals surface area contributed by atoms with Crippen LogP contribution in [0.3, 0.4) is 0 Å². The van der Waals surface area contributed by atoms with Crippen LogP contribution in [0.25, 0.3) is 0 Å². The molecule has 1 aromatic rings. The van der Waals surface area contributed by atoms with Gasteiger partial charge in [0.2, 0.25) is 5.91 Å². The molecule has 1 amide bonds. The Morgan fingerprint density at radius 2 is 2.00 bits per heavy atom. The highest BCUT2D eigenvalue weighted by atomic mass is 35.5. The van der Waals surface area contributed by atoms with E-state index in [1.807, 2.05) is 6.07 Å². The summed E-state index contributed by atoms with van der Waals surface area (Å²) in [6.45, 7) is 2.54. The minimum Gasteiger partial charge on any atom is -0.322 e. The summed E-state index contributed by atoms with van der Waals surface area (Å²) in [6, 6.07) is 8.16. The lowest BCUT2D eigenvalue weighted by molar-refractivity contribution is -0.133. The van der Waals surface area contributed by atoms with Crippen molar-refractivity contribution in [3.8, 4) is 6.07 Å². The fraction of sp³-hybridized carbons (Fsp3) is 0.529. The summed E-state index contributed by atoms with van der Waals surface area (Å²) in [5.74, 6) is -0.969. The van der Waals surface area contributed by atoms with Crippen molar-refractivity contribution in [2.75, 3.05) is 6.54 Å². The summed E-state index contributed by atoms with van der Waals surface area (Å²) in [6.07, 6.45) is -1.38. The van der Waals surface area contributed by atoms with Crippen LogP contribution in [0, 0.1) is 11.3 Å². The molecule has 1 aromatic carbocycles. The molecule has 0 spiro atoms. The van der Waals surface area contributed by atoms with Crippen LogP contribution in [-0.4, -0.2) is 48.8 Å². The summed E-state index contributed by atoms with van der Waals surface area (Å²) in [4.78, 5) is 13.7. The maximum atomic E-state index is 13.5. The Labute approximate surface area is 159 Å². The Morgan fingerprint density at radius 1 is 1.42 bits per heavy atom. The smallest absolute Gasteiger partial charge is 0.242 e. The molecule has 0 aliphatic carbocycles. The standard InChI is InChI=1S/C17H22FN3O3S.ClH/c1-17(2,25(23,24)11-12-6-4-3-5-7-12)15(20)16(22)21-10-13(18)8-14(21)9-19;/h3-7,13-15H,8,10-11,20H2,1-2H3;1H/t13-,14-,15+;/m0./s1. The average molecular weight is 404 g/mol. The van der Waals surface area contributed by atoms with E-state index in [2.05, 4.69) is 0 Å². The van der Waals surface area contributed by atoms with E-state index >= 15 is 0 Å². The molecule has 0 saturated carbocycles. The Balaban J connectivity index is 0.00000338. The molecular formula is C17H23ClFN3O3S. The monoisotopic (exact) mass is 403 g/mol. The molecule has 0 bridgehead atoms. The minimum atomic E-state index is -3.77. The molecule has 3 atom stereocenters. The lowest BCUT2D eigenvalue weighted by atomic mass is 10.0. The highest BCUT2D eigenvalue weighted by Crippen LogP contribution is 2.28. The fourth-order valence-corrected chi connectivity index (χ4v) is 4.29. The van der Waals surface area contributed by atoms with Crippen LogP contribution in [0.1, 0.15) is 25.8 Å². The third kappa shape index (κ3) is 4.34. The van der Waals surface area contributed by atoms with Gasteiger partial charge < -0.3 is 10.6 Å². The minimum absolute atomic E-state index is 0. The SMILES string of the molecule is CC(C)([C@H](N)C(=O)N1C[C@@H](F)C[C@H]1C#N)S(=O)(=O)Cc1ccccc1.Cl. The maximum absolute atomic E-state index is 13.5. The number of hydrogen-bond acceptors (Lipinski definition) is 5. The highest BCUT2D eigenvalue weighted by Gasteiger charge is 2.47. The first kappa shape index (κ1) is 22.4. The van der Waals surface area contributed by atoms with E-state index in [1.54, 1.807) is 30.3 Å². The Kier molecular flexibility index (Phi) is 7.17. The first-order chi connectivity index (χ1) is 11.6. The molecular weight excluding hydrogens is 381 g/mol. The number of carbonyl (C=O) groups excluding carboxylic acids is 1. The molecule has 1 heterocycles. The summed E-state index contributed by atoms with van der Waals surface area (Å²) in [7, 11) is -3.77. The van der Waals surface area contributed by atoms with Gasteiger partial charge in [0.05, 0.1) is 23.1 Å². The van der Waals surface area contributed by atoms with Crippen LogP contribution < -0.4 is 5.73 Å². The molecule has 0 radical (unpaired) electrons. The second-order valence-electron chi connectivity index (χ2n) is 6.79. The van der Waals surface area contributed by atoms with Gasteiger partial charge in [-0.25, -0.2) is 12.8 Å². The predicted octanol–water partition coefficient (Wildman–Crippen LogP) is 1.59. The molecule has 2 N–H and O–H groups in total. The number of alkyl halides is 1. The summed E-state index contributed by atoms with van der Waals surface area (Å²) in [5.41, 5.74) is 6.57. The molecule has 144 valence electrons. The molecule has 6 nitrogen and oxygen atoms in total. The molecule has 1 fully saturated rings. The van der Waals surface area contributed by atoms with Crippen LogP contribution in [-0.2, 0) is 20.4 Å². The normalized spacial score (nSPS) is 21.6. The lowest BCUT2D eigenvalue weighted by Gasteiger charge is -2.33. The number of benzene rings is 1. The van der Waals surface area contributed by atoms with Gasteiger partial charge >= 0.3 is 0 Å². The second-order valence-corrected chi connectivity index (χ2v) is 9.36. The number of nitrogens with two attached hydrogens (primary N) is 1. The van der Waals surface area contributed by atoms with Crippen LogP contribution in [0.5, 0.6) is 0 Å². The van der Waals surface area contributed by atoms with Crippen molar-refractivity contribution in [3.05, 3.63) is 35.9 Å². The van der Waals surface area contributed by atoms with E-state index in [0.717, 1.165) is 4.90 Å². The predicted molar refractivity (Wildman–Crippen MR) is 99.0 cm³/mol. The van der Waals surface area contributed by atoms with Gasteiger partial charge in [-0.3, -0.25) is 4.79 Å². The van der Waals surface area contributed by atoms with E-state index in [-0.39, 0.29) is 31.1 Å². The lowest BCUT2D eigenvalue weighted by Crippen LogP contribution is -2.59. The van der Waals surface area contributed by atoms with Gasteiger partial charge in [-0.05, 0) is 19.4 Å². The Hall–Kier alpha value is -1.69. The van der Waals surface area contributed by atoms with Crippen LogP contribution in [0.2, 0.25) is 0 Å². The molecule has 9 heteroatoms. The molecule has 0 unspecified atom stereocenters. The van der Waals surface area contributed by atoms with E-state index in [0.29, 0.717) is 5.56 Å². The second kappa shape index (κ2) is 8.33. The molecule has 2 rings (SSSR count). The summed E-state index contributed by atoms with van der Waals surface area (Å²) in [5, 5.41) is 9.07. The number of rotatable bonds is 5. The van der Waals surface area contributed by atoms with Crippen molar-refractivity contribution in [1.82, 2.24) is 4.90 Å². The zero-order valence-electron chi connectivity index (χ0n) is 14.6. The van der Waals surface area contributed by atoms with Crippen molar-refractivity contribution >= 4 is 28.2 Å². The Bertz CT molecular complexity index is 780. The Morgan fingerprint density at radius 3 is 2.54 bits per heavy atom. The number of sulfone groups is 1. The number of nitrogens with zero attached hydrogens (tertiary/aromatic N) is 2. The van der Waals surface area contributed by atoms with Crippen LogP contribution in [0.4, 0.5) is 4.39 Å². The molecule has 1 aliphatic rings. The molecule has 1 saturated heterocycles. The van der Waals surface area contributed by atoms with Gasteiger partial charge in [-0.1, -0.05) is 30.3 Å². The maximum Gasteiger partial charge on any atom is 0.242 e. The van der Waals surface area contributed by atoms with E-state index < -0.39 is 38.7 Å². The zero-order valence-corrected chi connectivity index (χ0v) is 16.3. The molecule has 0 aromatic heterocycles. The fourth-order valence-electron chi connectivity index (χ4n) is 2.80. The third-order valence-corrected chi connectivity index (χ3v) is 7.27. The first-order valence-electron chi connectivity index (χ1n) is 7.96. The third-order valence-electron chi connectivity index (χ3n) is 4.70. The topological polar surface area (TPSA) is 104 Å². The molecule has 1 aliphatic heterocycles. The quantitative estimate of drug-likeness (QED) is 0.803. The first-order valence-corrected chi connectivity index (χ1v) is 9.61. The summed E-state index contributed by atoms with van der Waals surface area (Å²) >= 11 is 0.